The van der Waals surface area contributed by atoms with Crippen molar-refractivity contribution in [1.29, 1.82) is 0 Å². The molecule has 2 nitrogen and oxygen atoms in total. The van der Waals surface area contributed by atoms with Gasteiger partial charge in [0.15, 0.2) is 0 Å². The van der Waals surface area contributed by atoms with Crippen molar-refractivity contribution in [2.45, 2.75) is 20.8 Å². The van der Waals surface area contributed by atoms with Gasteiger partial charge in [0.05, 0.1) is 0 Å². The highest BCUT2D eigenvalue weighted by Gasteiger charge is 2.11. The van der Waals surface area contributed by atoms with Gasteiger partial charge in [0.25, 0.3) is 5.91 Å². The minimum atomic E-state index is -0.104. The molecule has 0 radical (unpaired) electrons. The summed E-state index contributed by atoms with van der Waals surface area (Å²) in [6.45, 7) is 13.1. The summed E-state index contributed by atoms with van der Waals surface area (Å²) in [6, 6.07) is 0. The number of likely N-dealkylation sites (N-methyl/N-ethyl adjacent to an activating group) is 1. The predicted molar refractivity (Wildman–Crippen MR) is 56.4 cm³/mol. The number of hydrogen-bond acceptors (Lipinski definition) is 1. The van der Waals surface area contributed by atoms with Crippen LogP contribution >= 0.6 is 0 Å². The van der Waals surface area contributed by atoms with Crippen molar-refractivity contribution >= 4 is 5.91 Å². The highest BCUT2D eigenvalue weighted by Crippen LogP contribution is 2.18. The van der Waals surface area contributed by atoms with Crippen LogP contribution in [0.5, 0.6) is 0 Å². The van der Waals surface area contributed by atoms with Gasteiger partial charge in [-0.25, -0.2) is 0 Å². The predicted octanol–water partition coefficient (Wildman–Crippen LogP) is 2.20. The Morgan fingerprint density at radius 1 is 1.08 bits per heavy atom. The molecule has 2 heteroatoms. The van der Waals surface area contributed by atoms with E-state index in [2.05, 4.69) is 18.5 Å². The summed E-state index contributed by atoms with van der Waals surface area (Å²) >= 11 is 0. The first-order chi connectivity index (χ1) is 5.91. The lowest BCUT2D eigenvalue weighted by Gasteiger charge is -2.10. The maximum atomic E-state index is 11.4. The first-order valence-corrected chi connectivity index (χ1v) is 4.16. The largest absolute Gasteiger partial charge is 0.355 e. The van der Waals surface area contributed by atoms with E-state index in [-0.39, 0.29) is 5.91 Å². The van der Waals surface area contributed by atoms with Crippen LogP contribution in [0.4, 0.5) is 0 Å². The summed E-state index contributed by atoms with van der Waals surface area (Å²) in [5.41, 5.74) is 3.18. The van der Waals surface area contributed by atoms with E-state index in [0.717, 1.165) is 16.7 Å². The van der Waals surface area contributed by atoms with Gasteiger partial charge in [-0.3, -0.25) is 4.79 Å². The maximum absolute atomic E-state index is 11.4. The number of rotatable bonds is 3. The van der Waals surface area contributed by atoms with Crippen molar-refractivity contribution < 1.29 is 4.79 Å². The molecule has 1 amide bonds. The molecule has 0 aromatic rings. The third-order valence-corrected chi connectivity index (χ3v) is 1.90. The van der Waals surface area contributed by atoms with E-state index in [9.17, 15) is 4.79 Å². The fourth-order valence-corrected chi connectivity index (χ4v) is 1.02. The topological polar surface area (TPSA) is 29.1 Å². The van der Waals surface area contributed by atoms with Gasteiger partial charge in [0.1, 0.15) is 0 Å². The lowest BCUT2D eigenvalue weighted by Crippen LogP contribution is -2.21. The molecule has 0 aliphatic heterocycles. The molecule has 0 aromatic heterocycles. The summed E-state index contributed by atoms with van der Waals surface area (Å²) in [7, 11) is 1.61. The highest BCUT2D eigenvalue weighted by atomic mass is 16.1. The molecule has 0 aromatic carbocycles. The van der Waals surface area contributed by atoms with Crippen LogP contribution in [-0.4, -0.2) is 13.0 Å². The normalized spacial score (nSPS) is 11.7. The van der Waals surface area contributed by atoms with Crippen molar-refractivity contribution in [3.05, 3.63) is 35.5 Å². The van der Waals surface area contributed by atoms with E-state index in [0.29, 0.717) is 5.57 Å². The Morgan fingerprint density at radius 3 is 1.77 bits per heavy atom. The van der Waals surface area contributed by atoms with Crippen LogP contribution in [0.3, 0.4) is 0 Å². The molecular formula is C11H17NO. The van der Waals surface area contributed by atoms with Crippen molar-refractivity contribution in [2.24, 2.45) is 0 Å². The third kappa shape index (κ3) is 2.90. The van der Waals surface area contributed by atoms with E-state index in [1.54, 1.807) is 7.05 Å². The first-order valence-electron chi connectivity index (χ1n) is 4.16. The Bertz CT molecular complexity index is 284. The highest BCUT2D eigenvalue weighted by molar-refractivity contribution is 5.98. The van der Waals surface area contributed by atoms with Crippen molar-refractivity contribution in [1.82, 2.24) is 5.32 Å². The minimum absolute atomic E-state index is 0.104. The van der Waals surface area contributed by atoms with Gasteiger partial charge in [-0.2, -0.15) is 0 Å². The summed E-state index contributed by atoms with van der Waals surface area (Å²) in [5, 5.41) is 2.58. The van der Waals surface area contributed by atoms with Crippen LogP contribution < -0.4 is 5.32 Å². The number of hydrogen-bond donors (Lipinski definition) is 1. The first kappa shape index (κ1) is 11.7. The van der Waals surface area contributed by atoms with Crippen molar-refractivity contribution in [3.63, 3.8) is 0 Å². The lowest BCUT2D eigenvalue weighted by molar-refractivity contribution is -0.116. The second-order valence-corrected chi connectivity index (χ2v) is 3.14. The fourth-order valence-electron chi connectivity index (χ4n) is 1.02. The van der Waals surface area contributed by atoms with Crippen LogP contribution in [-0.2, 0) is 4.79 Å². The van der Waals surface area contributed by atoms with Gasteiger partial charge in [-0.05, 0) is 31.9 Å². The molecule has 13 heavy (non-hydrogen) atoms. The monoisotopic (exact) mass is 179 g/mol. The Morgan fingerprint density at radius 2 is 1.54 bits per heavy atom. The zero-order valence-corrected chi connectivity index (χ0v) is 8.82. The Balaban J connectivity index is 5.25. The second kappa shape index (κ2) is 4.65. The molecule has 0 saturated carbocycles. The molecule has 0 fully saturated rings. The van der Waals surface area contributed by atoms with Crippen LogP contribution in [0.2, 0.25) is 0 Å². The summed E-state index contributed by atoms with van der Waals surface area (Å²) in [6.07, 6.45) is 0. The van der Waals surface area contributed by atoms with Gasteiger partial charge < -0.3 is 5.32 Å². The molecule has 1 N–H and O–H groups in total. The Kier molecular flexibility index (Phi) is 4.18. The summed E-state index contributed by atoms with van der Waals surface area (Å²) < 4.78 is 0. The molecule has 0 atom stereocenters. The second-order valence-electron chi connectivity index (χ2n) is 3.14. The van der Waals surface area contributed by atoms with E-state index in [1.165, 1.54) is 0 Å². The SMILES string of the molecule is C=C(C)/C(C)=C(\C(=C)C)C(=O)NC. The van der Waals surface area contributed by atoms with E-state index in [1.807, 2.05) is 20.8 Å². The van der Waals surface area contributed by atoms with E-state index >= 15 is 0 Å². The molecule has 0 rings (SSSR count). The molecule has 0 heterocycles. The van der Waals surface area contributed by atoms with Gasteiger partial charge >= 0.3 is 0 Å². The molecule has 0 spiro atoms. The molecule has 0 saturated heterocycles. The fraction of sp³-hybridized carbons (Fsp3) is 0.364. The minimum Gasteiger partial charge on any atom is -0.355 e. The average Bonchev–Trinajstić information content (AvgIpc) is 2.03. The number of carbonyl (C=O) groups excluding carboxylic acids is 1. The van der Waals surface area contributed by atoms with Gasteiger partial charge in [0.2, 0.25) is 0 Å². The molecule has 0 bridgehead atoms. The molecule has 72 valence electrons. The zero-order valence-electron chi connectivity index (χ0n) is 8.82. The quantitative estimate of drug-likeness (QED) is 0.522. The molecule has 0 aliphatic carbocycles. The van der Waals surface area contributed by atoms with Crippen LogP contribution in [0.25, 0.3) is 0 Å². The van der Waals surface area contributed by atoms with Gasteiger partial charge in [-0.1, -0.05) is 18.7 Å². The van der Waals surface area contributed by atoms with Crippen LogP contribution in [0.1, 0.15) is 20.8 Å². The van der Waals surface area contributed by atoms with E-state index < -0.39 is 0 Å². The Hall–Kier alpha value is -1.31. The zero-order chi connectivity index (χ0) is 10.6. The number of nitrogens with one attached hydrogen (secondary N) is 1. The Labute approximate surface area is 80.0 Å². The summed E-state index contributed by atoms with van der Waals surface area (Å²) in [5.74, 6) is -0.104. The number of allylic oxidation sites excluding steroid dienone is 2. The lowest BCUT2D eigenvalue weighted by atomic mass is 9.98. The van der Waals surface area contributed by atoms with Crippen molar-refractivity contribution in [3.8, 4) is 0 Å². The van der Waals surface area contributed by atoms with Crippen LogP contribution in [0, 0.1) is 0 Å². The standard InChI is InChI=1S/C11H17NO/c1-7(2)9(5)10(8(3)4)11(13)12-6/h1,3H2,2,4-6H3,(H,12,13)/b10-9+. The van der Waals surface area contributed by atoms with E-state index in [4.69, 9.17) is 0 Å². The van der Waals surface area contributed by atoms with Gasteiger partial charge in [0, 0.05) is 12.6 Å². The molecule has 0 aliphatic rings. The maximum Gasteiger partial charge on any atom is 0.251 e. The average molecular weight is 179 g/mol. The third-order valence-electron chi connectivity index (χ3n) is 1.90. The number of carbonyl (C=O) groups is 1. The van der Waals surface area contributed by atoms with Crippen molar-refractivity contribution in [2.75, 3.05) is 7.05 Å². The number of amides is 1. The smallest absolute Gasteiger partial charge is 0.251 e. The summed E-state index contributed by atoms with van der Waals surface area (Å²) in [4.78, 5) is 11.4. The molecule has 0 unspecified atom stereocenters. The van der Waals surface area contributed by atoms with Crippen LogP contribution in [0.15, 0.2) is 35.5 Å². The molecular weight excluding hydrogens is 162 g/mol. The van der Waals surface area contributed by atoms with Gasteiger partial charge in [-0.15, -0.1) is 0 Å².